The molecule has 0 saturated carbocycles. The molecule has 0 bridgehead atoms. The largest absolute Gasteiger partial charge is 0.493 e. The summed E-state index contributed by atoms with van der Waals surface area (Å²) < 4.78 is 44.3. The van der Waals surface area contributed by atoms with E-state index in [-0.39, 0.29) is 5.75 Å². The number of alkyl halides is 3. The third-order valence-electron chi connectivity index (χ3n) is 2.97. The minimum absolute atomic E-state index is 0.0953. The second-order valence-corrected chi connectivity index (χ2v) is 5.25. The fourth-order valence-electron chi connectivity index (χ4n) is 1.92. The molecule has 0 heterocycles. The molecule has 0 saturated heterocycles. The van der Waals surface area contributed by atoms with Crippen molar-refractivity contribution in [3.8, 4) is 5.75 Å². The summed E-state index contributed by atoms with van der Waals surface area (Å²) in [6.45, 7) is 4.77. The number of ether oxygens (including phenoxy) is 1. The predicted molar refractivity (Wildman–Crippen MR) is 73.8 cm³/mol. The summed E-state index contributed by atoms with van der Waals surface area (Å²) in [4.78, 5) is 0. The normalized spacial score (nSPS) is 11.9. The highest BCUT2D eigenvalue weighted by molar-refractivity contribution is 5.39. The summed E-state index contributed by atoms with van der Waals surface area (Å²) >= 11 is 0. The molecular weight excluding hydrogens is 267 g/mol. The first-order chi connectivity index (χ1) is 9.34. The lowest BCUT2D eigenvalue weighted by Crippen LogP contribution is -2.11. The molecule has 20 heavy (non-hydrogen) atoms. The van der Waals surface area contributed by atoms with Crippen molar-refractivity contribution in [2.75, 3.05) is 13.2 Å². The molecule has 0 unspecified atom stereocenters. The second-order valence-electron chi connectivity index (χ2n) is 5.25. The van der Waals surface area contributed by atoms with Crippen LogP contribution in [0.3, 0.4) is 0 Å². The lowest BCUT2D eigenvalue weighted by atomic mass is 10.1. The number of hydrogen-bond acceptors (Lipinski definition) is 2. The summed E-state index contributed by atoms with van der Waals surface area (Å²) in [6.07, 6.45) is -2.29. The third-order valence-corrected chi connectivity index (χ3v) is 2.97. The van der Waals surface area contributed by atoms with Crippen LogP contribution in [0.4, 0.5) is 13.2 Å². The molecule has 0 radical (unpaired) electrons. The molecule has 0 amide bonds. The van der Waals surface area contributed by atoms with Crippen LogP contribution >= 0.6 is 0 Å². The van der Waals surface area contributed by atoms with Crippen molar-refractivity contribution < 1.29 is 17.9 Å². The predicted octanol–water partition coefficient (Wildman–Crippen LogP) is 4.02. The summed E-state index contributed by atoms with van der Waals surface area (Å²) in [7, 11) is 0. The van der Waals surface area contributed by atoms with Crippen LogP contribution in [0.1, 0.15) is 37.8 Å². The Labute approximate surface area is 118 Å². The molecule has 114 valence electrons. The van der Waals surface area contributed by atoms with Crippen LogP contribution in [0.2, 0.25) is 0 Å². The summed E-state index contributed by atoms with van der Waals surface area (Å²) in [5.74, 6) is 0.426. The Morgan fingerprint density at radius 2 is 1.95 bits per heavy atom. The zero-order valence-corrected chi connectivity index (χ0v) is 12.0. The molecule has 0 fully saturated rings. The molecule has 1 aromatic carbocycles. The van der Waals surface area contributed by atoms with Crippen molar-refractivity contribution in [3.63, 3.8) is 0 Å². The molecule has 0 aliphatic rings. The Bertz CT molecular complexity index is 416. The maximum Gasteiger partial charge on any atom is 0.419 e. The second kappa shape index (κ2) is 7.53. The molecule has 5 heteroatoms. The van der Waals surface area contributed by atoms with Crippen LogP contribution in [-0.4, -0.2) is 13.2 Å². The Hall–Kier alpha value is -1.23. The van der Waals surface area contributed by atoms with Gasteiger partial charge in [0.25, 0.3) is 0 Å². The smallest absolute Gasteiger partial charge is 0.419 e. The highest BCUT2D eigenvalue weighted by Crippen LogP contribution is 2.37. The monoisotopic (exact) mass is 289 g/mol. The first kappa shape index (κ1) is 16.8. The van der Waals surface area contributed by atoms with Crippen molar-refractivity contribution in [2.24, 2.45) is 11.7 Å². The number of rotatable bonds is 7. The summed E-state index contributed by atoms with van der Waals surface area (Å²) in [5.41, 5.74) is 5.24. The van der Waals surface area contributed by atoms with E-state index >= 15 is 0 Å². The average molecular weight is 289 g/mol. The van der Waals surface area contributed by atoms with Crippen molar-refractivity contribution >= 4 is 0 Å². The van der Waals surface area contributed by atoms with Gasteiger partial charge in [-0.25, -0.2) is 0 Å². The van der Waals surface area contributed by atoms with E-state index in [0.29, 0.717) is 31.1 Å². The van der Waals surface area contributed by atoms with Gasteiger partial charge in [-0.1, -0.05) is 19.9 Å². The van der Waals surface area contributed by atoms with Crippen molar-refractivity contribution in [1.29, 1.82) is 0 Å². The molecule has 0 aliphatic heterocycles. The Morgan fingerprint density at radius 3 is 2.50 bits per heavy atom. The maximum absolute atomic E-state index is 13.0. The van der Waals surface area contributed by atoms with Gasteiger partial charge in [0.2, 0.25) is 0 Å². The third kappa shape index (κ3) is 5.41. The maximum atomic E-state index is 13.0. The van der Waals surface area contributed by atoms with Crippen LogP contribution in [0.5, 0.6) is 5.75 Å². The lowest BCUT2D eigenvalue weighted by molar-refractivity contribution is -0.139. The fourth-order valence-corrected chi connectivity index (χ4v) is 1.92. The molecule has 2 N–H and O–H groups in total. The highest BCUT2D eigenvalue weighted by Gasteiger charge is 2.34. The summed E-state index contributed by atoms with van der Waals surface area (Å²) in [5, 5.41) is 0. The van der Waals surface area contributed by atoms with Crippen molar-refractivity contribution in [2.45, 2.75) is 39.3 Å². The molecule has 0 aromatic heterocycles. The van der Waals surface area contributed by atoms with Crippen molar-refractivity contribution in [1.82, 2.24) is 0 Å². The Kier molecular flexibility index (Phi) is 6.33. The van der Waals surface area contributed by atoms with Gasteiger partial charge in [0.15, 0.2) is 0 Å². The quantitative estimate of drug-likeness (QED) is 0.769. The molecule has 0 aliphatic carbocycles. The standard InChI is InChI=1S/C15H22F3NO/c1-11(2)4-3-9-20-14-6-5-12(7-8-19)10-13(14)15(16,17)18/h5-6,10-11H,3-4,7-9,19H2,1-2H3. The van der Waals surface area contributed by atoms with E-state index in [1.165, 1.54) is 6.07 Å². The van der Waals surface area contributed by atoms with Crippen molar-refractivity contribution in [3.05, 3.63) is 29.3 Å². The topological polar surface area (TPSA) is 35.2 Å². The number of hydrogen-bond donors (Lipinski definition) is 1. The van der Waals surface area contributed by atoms with Gasteiger partial charge >= 0.3 is 6.18 Å². The van der Waals surface area contributed by atoms with Crippen LogP contribution in [0.25, 0.3) is 0 Å². The van der Waals surface area contributed by atoms with E-state index < -0.39 is 11.7 Å². The first-order valence-electron chi connectivity index (χ1n) is 6.87. The van der Waals surface area contributed by atoms with Crippen LogP contribution < -0.4 is 10.5 Å². The minimum Gasteiger partial charge on any atom is -0.493 e. The average Bonchev–Trinajstić information content (AvgIpc) is 2.34. The van der Waals surface area contributed by atoms with Crippen LogP contribution in [-0.2, 0) is 12.6 Å². The minimum atomic E-state index is -4.40. The van der Waals surface area contributed by atoms with Gasteiger partial charge in [-0.15, -0.1) is 0 Å². The van der Waals surface area contributed by atoms with Gasteiger partial charge in [-0.05, 0) is 49.4 Å². The number of halogens is 3. The van der Waals surface area contributed by atoms with E-state index in [1.807, 2.05) is 0 Å². The van der Waals surface area contributed by atoms with E-state index in [1.54, 1.807) is 6.07 Å². The van der Waals surface area contributed by atoms with Gasteiger partial charge in [-0.2, -0.15) is 13.2 Å². The molecular formula is C15H22F3NO. The van der Waals surface area contributed by atoms with Gasteiger partial charge in [0.1, 0.15) is 5.75 Å². The van der Waals surface area contributed by atoms with Crippen LogP contribution in [0, 0.1) is 5.92 Å². The van der Waals surface area contributed by atoms with E-state index in [2.05, 4.69) is 13.8 Å². The Morgan fingerprint density at radius 1 is 1.25 bits per heavy atom. The molecule has 0 atom stereocenters. The molecule has 2 nitrogen and oxygen atoms in total. The fraction of sp³-hybridized carbons (Fsp3) is 0.600. The van der Waals surface area contributed by atoms with Crippen LogP contribution in [0.15, 0.2) is 18.2 Å². The molecule has 0 spiro atoms. The van der Waals surface area contributed by atoms with Gasteiger partial charge < -0.3 is 10.5 Å². The zero-order chi connectivity index (χ0) is 15.2. The van der Waals surface area contributed by atoms with E-state index in [4.69, 9.17) is 10.5 Å². The summed E-state index contributed by atoms with van der Waals surface area (Å²) in [6, 6.07) is 4.16. The van der Waals surface area contributed by atoms with E-state index in [0.717, 1.165) is 18.9 Å². The number of benzene rings is 1. The van der Waals surface area contributed by atoms with Gasteiger partial charge in [-0.3, -0.25) is 0 Å². The molecule has 1 aromatic rings. The zero-order valence-electron chi connectivity index (χ0n) is 12.0. The van der Waals surface area contributed by atoms with Gasteiger partial charge in [0.05, 0.1) is 12.2 Å². The SMILES string of the molecule is CC(C)CCCOc1ccc(CCN)cc1C(F)(F)F. The van der Waals surface area contributed by atoms with Gasteiger partial charge in [0, 0.05) is 0 Å². The Balaban J connectivity index is 2.78. The molecule has 1 rings (SSSR count). The highest BCUT2D eigenvalue weighted by atomic mass is 19.4. The number of nitrogens with two attached hydrogens (primary N) is 1. The first-order valence-corrected chi connectivity index (χ1v) is 6.87. The lowest BCUT2D eigenvalue weighted by Gasteiger charge is -2.15. The van der Waals surface area contributed by atoms with E-state index in [9.17, 15) is 13.2 Å².